The minimum Gasteiger partial charge on any atom is -0.460 e. The van der Waals surface area contributed by atoms with Crippen LogP contribution in [0.15, 0.2) is 69.7 Å². The average molecular weight is 520 g/mol. The molecule has 2 aromatic carbocycles. The SMILES string of the molecule is C[C@H](Sc1ncnc2scc(-c3ccc(Br)cc3)c12)C(=O)OCc1ccccc1Cl. The maximum atomic E-state index is 12.6. The molecule has 30 heavy (non-hydrogen) atoms. The molecule has 0 aliphatic heterocycles. The summed E-state index contributed by atoms with van der Waals surface area (Å²) in [6, 6.07) is 15.4. The van der Waals surface area contributed by atoms with E-state index < -0.39 is 5.25 Å². The highest BCUT2D eigenvalue weighted by molar-refractivity contribution is 9.10. The van der Waals surface area contributed by atoms with Gasteiger partial charge in [0.15, 0.2) is 0 Å². The van der Waals surface area contributed by atoms with Gasteiger partial charge >= 0.3 is 5.97 Å². The molecule has 152 valence electrons. The highest BCUT2D eigenvalue weighted by Crippen LogP contribution is 2.39. The maximum absolute atomic E-state index is 12.6. The summed E-state index contributed by atoms with van der Waals surface area (Å²) in [6.45, 7) is 1.96. The number of aromatic nitrogens is 2. The molecular weight excluding hydrogens is 504 g/mol. The summed E-state index contributed by atoms with van der Waals surface area (Å²) < 4.78 is 6.49. The van der Waals surface area contributed by atoms with Crippen LogP contribution in [0.5, 0.6) is 0 Å². The van der Waals surface area contributed by atoms with Crippen LogP contribution in [0.3, 0.4) is 0 Å². The molecule has 0 aliphatic rings. The predicted octanol–water partition coefficient (Wildman–Crippen LogP) is 7.00. The van der Waals surface area contributed by atoms with Gasteiger partial charge < -0.3 is 4.74 Å². The van der Waals surface area contributed by atoms with Crippen molar-refractivity contribution in [3.8, 4) is 11.1 Å². The van der Waals surface area contributed by atoms with Crippen molar-refractivity contribution >= 4 is 66.8 Å². The Labute approximate surface area is 195 Å². The molecule has 4 aromatic rings. The Morgan fingerprint density at radius 2 is 1.97 bits per heavy atom. The molecule has 0 saturated heterocycles. The summed E-state index contributed by atoms with van der Waals surface area (Å²) in [7, 11) is 0. The Hall–Kier alpha value is -1.93. The molecule has 0 fully saturated rings. The van der Waals surface area contributed by atoms with Crippen LogP contribution >= 0.6 is 50.6 Å². The van der Waals surface area contributed by atoms with Crippen molar-refractivity contribution in [1.82, 2.24) is 9.97 Å². The molecule has 2 heterocycles. The fourth-order valence-corrected chi connectivity index (χ4v) is 5.24. The Bertz CT molecular complexity index is 1200. The van der Waals surface area contributed by atoms with Crippen molar-refractivity contribution in [2.24, 2.45) is 0 Å². The van der Waals surface area contributed by atoms with E-state index in [4.69, 9.17) is 16.3 Å². The lowest BCUT2D eigenvalue weighted by Crippen LogP contribution is -2.17. The number of ether oxygens (including phenoxy) is 1. The van der Waals surface area contributed by atoms with Crippen LogP contribution in [0.25, 0.3) is 21.3 Å². The molecule has 0 bridgehead atoms. The highest BCUT2D eigenvalue weighted by atomic mass is 79.9. The van der Waals surface area contributed by atoms with Gasteiger partial charge in [-0.2, -0.15) is 0 Å². The average Bonchev–Trinajstić information content (AvgIpc) is 3.18. The third kappa shape index (κ3) is 4.70. The van der Waals surface area contributed by atoms with Crippen LogP contribution in [0.2, 0.25) is 5.02 Å². The van der Waals surface area contributed by atoms with Gasteiger partial charge in [-0.1, -0.05) is 69.6 Å². The number of thiophene rings is 1. The number of nitrogens with zero attached hydrogens (tertiary/aromatic N) is 2. The van der Waals surface area contributed by atoms with Gasteiger partial charge in [-0.3, -0.25) is 4.79 Å². The number of hydrogen-bond donors (Lipinski definition) is 0. The van der Waals surface area contributed by atoms with E-state index in [0.29, 0.717) is 5.02 Å². The van der Waals surface area contributed by atoms with Gasteiger partial charge in [-0.05, 0) is 30.7 Å². The van der Waals surface area contributed by atoms with Gasteiger partial charge in [0, 0.05) is 26.0 Å². The second kappa shape index (κ2) is 9.47. The van der Waals surface area contributed by atoms with Crippen LogP contribution in [-0.2, 0) is 16.1 Å². The molecule has 8 heteroatoms. The van der Waals surface area contributed by atoms with Crippen LogP contribution in [0.4, 0.5) is 0 Å². The van der Waals surface area contributed by atoms with E-state index in [9.17, 15) is 4.79 Å². The predicted molar refractivity (Wildman–Crippen MR) is 127 cm³/mol. The van der Waals surface area contributed by atoms with E-state index in [-0.39, 0.29) is 12.6 Å². The number of rotatable bonds is 6. The lowest BCUT2D eigenvalue weighted by Gasteiger charge is -2.12. The summed E-state index contributed by atoms with van der Waals surface area (Å²) in [5, 5.41) is 3.96. The fourth-order valence-electron chi connectivity index (χ4n) is 2.88. The number of carbonyl (C=O) groups excluding carboxylic acids is 1. The molecular formula is C22H16BrClN2O2S2. The highest BCUT2D eigenvalue weighted by Gasteiger charge is 2.21. The normalized spacial score (nSPS) is 12.1. The van der Waals surface area contributed by atoms with Gasteiger partial charge in [0.25, 0.3) is 0 Å². The van der Waals surface area contributed by atoms with E-state index >= 15 is 0 Å². The van der Waals surface area contributed by atoms with Crippen LogP contribution in [0, 0.1) is 0 Å². The topological polar surface area (TPSA) is 52.1 Å². The van der Waals surface area contributed by atoms with Gasteiger partial charge in [-0.15, -0.1) is 11.3 Å². The van der Waals surface area contributed by atoms with E-state index in [1.54, 1.807) is 17.4 Å². The molecule has 0 aliphatic carbocycles. The van der Waals surface area contributed by atoms with Crippen molar-refractivity contribution in [2.75, 3.05) is 0 Å². The van der Waals surface area contributed by atoms with Gasteiger partial charge in [0.05, 0.1) is 5.39 Å². The van der Waals surface area contributed by atoms with Crippen LogP contribution in [-0.4, -0.2) is 21.2 Å². The molecule has 4 nitrogen and oxygen atoms in total. The van der Waals surface area contributed by atoms with Gasteiger partial charge in [0.2, 0.25) is 0 Å². The van der Waals surface area contributed by atoms with Crippen LogP contribution < -0.4 is 0 Å². The molecule has 0 saturated carbocycles. The lowest BCUT2D eigenvalue weighted by atomic mass is 10.1. The van der Waals surface area contributed by atoms with E-state index in [1.807, 2.05) is 49.4 Å². The number of halogens is 2. The Morgan fingerprint density at radius 3 is 2.73 bits per heavy atom. The molecule has 0 spiro atoms. The summed E-state index contributed by atoms with van der Waals surface area (Å²) >= 11 is 12.6. The van der Waals surface area contributed by atoms with Crippen molar-refractivity contribution in [3.63, 3.8) is 0 Å². The number of fused-ring (bicyclic) bond motifs is 1. The van der Waals surface area contributed by atoms with E-state index in [2.05, 4.69) is 31.3 Å². The number of benzene rings is 2. The minimum absolute atomic E-state index is 0.144. The molecule has 1 atom stereocenters. The molecule has 0 radical (unpaired) electrons. The first-order valence-electron chi connectivity index (χ1n) is 9.08. The molecule has 0 amide bonds. The third-order valence-corrected chi connectivity index (χ3v) is 7.30. The fraction of sp³-hybridized carbons (Fsp3) is 0.136. The number of carbonyl (C=O) groups is 1. The van der Waals surface area contributed by atoms with E-state index in [0.717, 1.165) is 36.4 Å². The maximum Gasteiger partial charge on any atom is 0.319 e. The Kier molecular flexibility index (Phi) is 6.73. The zero-order valence-corrected chi connectivity index (χ0v) is 19.8. The zero-order chi connectivity index (χ0) is 21.1. The standard InChI is InChI=1S/C22H16BrClN2O2S2/c1-13(22(27)28-10-15-4-2-3-5-18(15)24)30-21-19-17(11-29-20(19)25-12-26-21)14-6-8-16(23)9-7-14/h2-9,11-13H,10H2,1H3/t13-/m0/s1. The third-order valence-electron chi connectivity index (χ3n) is 4.44. The minimum atomic E-state index is -0.428. The van der Waals surface area contributed by atoms with Crippen molar-refractivity contribution in [1.29, 1.82) is 0 Å². The summed E-state index contributed by atoms with van der Waals surface area (Å²) in [5.41, 5.74) is 2.92. The molecule has 0 N–H and O–H groups in total. The second-order valence-corrected chi connectivity index (χ2v) is 9.98. The van der Waals surface area contributed by atoms with Crippen LogP contribution in [0.1, 0.15) is 12.5 Å². The monoisotopic (exact) mass is 518 g/mol. The van der Waals surface area contributed by atoms with Gasteiger partial charge in [0.1, 0.15) is 28.0 Å². The molecule has 2 aromatic heterocycles. The van der Waals surface area contributed by atoms with Crippen molar-refractivity contribution in [3.05, 3.63) is 75.3 Å². The first-order valence-corrected chi connectivity index (χ1v) is 12.0. The first-order chi connectivity index (χ1) is 14.5. The summed E-state index contributed by atoms with van der Waals surface area (Å²) in [5.74, 6) is -0.313. The van der Waals surface area contributed by atoms with Crippen molar-refractivity contribution < 1.29 is 9.53 Å². The lowest BCUT2D eigenvalue weighted by molar-refractivity contribution is -0.143. The Morgan fingerprint density at radius 1 is 1.20 bits per heavy atom. The summed E-state index contributed by atoms with van der Waals surface area (Å²) in [4.78, 5) is 22.3. The smallest absolute Gasteiger partial charge is 0.319 e. The number of thioether (sulfide) groups is 1. The first kappa shape index (κ1) is 21.3. The quantitative estimate of drug-likeness (QED) is 0.156. The summed E-state index contributed by atoms with van der Waals surface area (Å²) in [6.07, 6.45) is 1.54. The number of esters is 1. The molecule has 0 unspecified atom stereocenters. The number of hydrogen-bond acceptors (Lipinski definition) is 6. The van der Waals surface area contributed by atoms with Gasteiger partial charge in [-0.25, -0.2) is 9.97 Å². The zero-order valence-electron chi connectivity index (χ0n) is 15.8. The van der Waals surface area contributed by atoms with Crippen molar-refractivity contribution in [2.45, 2.75) is 23.8 Å². The van der Waals surface area contributed by atoms with E-state index in [1.165, 1.54) is 18.1 Å². The molecule has 4 rings (SSSR count). The second-order valence-electron chi connectivity index (χ2n) is 6.47. The largest absolute Gasteiger partial charge is 0.460 e. The Balaban J connectivity index is 1.54.